The summed E-state index contributed by atoms with van der Waals surface area (Å²) in [6.07, 6.45) is 0.668. The molecule has 0 bridgehead atoms. The minimum absolute atomic E-state index is 0.0388. The zero-order chi connectivity index (χ0) is 18.6. The summed E-state index contributed by atoms with van der Waals surface area (Å²) in [5.74, 6) is -0.101. The van der Waals surface area contributed by atoms with Gasteiger partial charge in [0.2, 0.25) is 5.95 Å². The number of carbonyl (C=O) groups excluding carboxylic acids is 1. The molecule has 1 aliphatic heterocycles. The predicted molar refractivity (Wildman–Crippen MR) is 86.4 cm³/mol. The molecule has 25 heavy (non-hydrogen) atoms. The van der Waals surface area contributed by atoms with Gasteiger partial charge >= 0.3 is 0 Å². The Morgan fingerprint density at radius 1 is 1.44 bits per heavy atom. The van der Waals surface area contributed by atoms with Crippen molar-refractivity contribution in [3.05, 3.63) is 28.8 Å². The first-order valence-electron chi connectivity index (χ1n) is 7.35. The summed E-state index contributed by atoms with van der Waals surface area (Å²) in [5.41, 5.74) is 5.12. The van der Waals surface area contributed by atoms with Crippen LogP contribution in [0, 0.1) is 0 Å². The molecule has 2 aromatic rings. The van der Waals surface area contributed by atoms with E-state index in [-0.39, 0.29) is 17.1 Å². The lowest BCUT2D eigenvalue weighted by Gasteiger charge is -2.16. The second-order valence-corrected chi connectivity index (χ2v) is 5.17. The average molecular weight is 353 g/mol. The lowest BCUT2D eigenvalue weighted by atomic mass is 10.1. The van der Waals surface area contributed by atoms with Gasteiger partial charge in [-0.05, 0) is 13.0 Å². The molecule has 0 radical (unpaired) electrons. The molecule has 3 rings (SSSR count). The van der Waals surface area contributed by atoms with E-state index in [0.29, 0.717) is 0 Å². The Hall–Kier alpha value is -2.60. The Morgan fingerprint density at radius 2 is 2.16 bits per heavy atom. The number of aliphatic hydroxyl groups is 3. The highest BCUT2D eigenvalue weighted by molar-refractivity contribution is 5.70. The molecule has 11 heteroatoms. The molecule has 0 aliphatic carbocycles. The molecule has 4 atom stereocenters. The van der Waals surface area contributed by atoms with Crippen molar-refractivity contribution in [2.45, 2.75) is 31.5 Å². The summed E-state index contributed by atoms with van der Waals surface area (Å²) in [4.78, 5) is 31.1. The van der Waals surface area contributed by atoms with Crippen LogP contribution in [0.25, 0.3) is 11.2 Å². The third-order valence-corrected chi connectivity index (χ3v) is 3.51. The maximum absolute atomic E-state index is 11.7. The molecule has 1 aliphatic rings. The molecule has 1 fully saturated rings. The Kier molecular flexibility index (Phi) is 5.98. The van der Waals surface area contributed by atoms with Crippen LogP contribution >= 0.6 is 0 Å². The number of carbonyl (C=O) groups is 1. The lowest BCUT2D eigenvalue weighted by Crippen LogP contribution is -2.33. The van der Waals surface area contributed by atoms with Gasteiger partial charge in [-0.1, -0.05) is 6.08 Å². The van der Waals surface area contributed by atoms with Gasteiger partial charge in [-0.3, -0.25) is 19.1 Å². The standard InChI is InChI=1S/C10H13N5O5.C4H6O/c11-10-13-7-4(8(19)14-10)12-2-15(7)9-6(18)5(17)3(1-16)20-9;1-2-3-4-5/h2-3,5-6,9,16-18H,1H2,(H3,11,13,14,19);2-4H,1H3/t3-,5-,6-,9-;/m1./s1. The van der Waals surface area contributed by atoms with Crippen LogP contribution in [-0.2, 0) is 9.53 Å². The third kappa shape index (κ3) is 3.74. The molecule has 0 amide bonds. The SMILES string of the molecule is CC=CC=O.Nc1nc2c(ncn2[C@@H]2O[C@H](CO)[C@@H](O)[C@H]2O)c(=O)[nH]1. The van der Waals surface area contributed by atoms with Crippen molar-refractivity contribution in [2.75, 3.05) is 12.3 Å². The van der Waals surface area contributed by atoms with Crippen LogP contribution in [0.3, 0.4) is 0 Å². The summed E-state index contributed by atoms with van der Waals surface area (Å²) in [7, 11) is 0. The number of aliphatic hydroxyl groups excluding tert-OH is 3. The number of nitrogens with zero attached hydrogens (tertiary/aromatic N) is 3. The van der Waals surface area contributed by atoms with E-state index < -0.39 is 36.7 Å². The van der Waals surface area contributed by atoms with Crippen molar-refractivity contribution in [2.24, 2.45) is 0 Å². The van der Waals surface area contributed by atoms with E-state index >= 15 is 0 Å². The number of ether oxygens (including phenoxy) is 1. The fourth-order valence-corrected chi connectivity index (χ4v) is 2.32. The van der Waals surface area contributed by atoms with Crippen molar-refractivity contribution < 1.29 is 24.9 Å². The van der Waals surface area contributed by atoms with Crippen molar-refractivity contribution in [1.29, 1.82) is 0 Å². The van der Waals surface area contributed by atoms with Gasteiger partial charge in [0, 0.05) is 0 Å². The highest BCUT2D eigenvalue weighted by Gasteiger charge is 2.44. The first-order valence-corrected chi connectivity index (χ1v) is 7.35. The molecule has 0 saturated carbocycles. The van der Waals surface area contributed by atoms with E-state index in [2.05, 4.69) is 15.0 Å². The van der Waals surface area contributed by atoms with E-state index in [1.54, 1.807) is 13.0 Å². The van der Waals surface area contributed by atoms with Gasteiger partial charge in [-0.25, -0.2) is 4.98 Å². The van der Waals surface area contributed by atoms with Crippen LogP contribution in [0.5, 0.6) is 0 Å². The quantitative estimate of drug-likeness (QED) is 0.311. The van der Waals surface area contributed by atoms with E-state index in [9.17, 15) is 19.8 Å². The molecule has 11 nitrogen and oxygen atoms in total. The van der Waals surface area contributed by atoms with Crippen LogP contribution in [0.4, 0.5) is 5.95 Å². The summed E-state index contributed by atoms with van der Waals surface area (Å²) in [6, 6.07) is 0. The molecule has 6 N–H and O–H groups in total. The first-order chi connectivity index (χ1) is 11.9. The summed E-state index contributed by atoms with van der Waals surface area (Å²) >= 11 is 0. The summed E-state index contributed by atoms with van der Waals surface area (Å²) in [6.45, 7) is 1.35. The normalized spacial score (nSPS) is 25.9. The van der Waals surface area contributed by atoms with Gasteiger partial charge in [-0.2, -0.15) is 4.98 Å². The summed E-state index contributed by atoms with van der Waals surface area (Å²) < 4.78 is 6.64. The topological polar surface area (TPSA) is 177 Å². The van der Waals surface area contributed by atoms with Gasteiger partial charge < -0.3 is 25.8 Å². The molecule has 136 valence electrons. The zero-order valence-corrected chi connectivity index (χ0v) is 13.3. The van der Waals surface area contributed by atoms with Gasteiger partial charge in [0.05, 0.1) is 12.9 Å². The maximum Gasteiger partial charge on any atom is 0.280 e. The number of imidazole rings is 1. The molecule has 3 heterocycles. The molecule has 0 spiro atoms. The smallest absolute Gasteiger partial charge is 0.280 e. The monoisotopic (exact) mass is 353 g/mol. The van der Waals surface area contributed by atoms with Crippen molar-refractivity contribution in [3.63, 3.8) is 0 Å². The van der Waals surface area contributed by atoms with Gasteiger partial charge in [0.15, 0.2) is 17.4 Å². The largest absolute Gasteiger partial charge is 0.394 e. The van der Waals surface area contributed by atoms with Crippen molar-refractivity contribution in [3.8, 4) is 0 Å². The van der Waals surface area contributed by atoms with E-state index in [0.717, 1.165) is 6.29 Å². The first kappa shape index (κ1) is 18.7. The third-order valence-electron chi connectivity index (χ3n) is 3.51. The zero-order valence-electron chi connectivity index (χ0n) is 13.3. The second kappa shape index (κ2) is 7.98. The average Bonchev–Trinajstić information content (AvgIpc) is 3.11. The highest BCUT2D eigenvalue weighted by Crippen LogP contribution is 2.30. The number of aromatic nitrogens is 4. The Morgan fingerprint density at radius 3 is 2.68 bits per heavy atom. The number of H-pyrrole nitrogens is 1. The van der Waals surface area contributed by atoms with Crippen LogP contribution in [-0.4, -0.2) is 66.0 Å². The number of aromatic amines is 1. The number of anilines is 1. The number of aldehydes is 1. The molecule has 2 aromatic heterocycles. The van der Waals surface area contributed by atoms with Crippen molar-refractivity contribution >= 4 is 23.4 Å². The highest BCUT2D eigenvalue weighted by atomic mass is 16.6. The molecular formula is C14H19N5O6. The Bertz CT molecular complexity index is 816. The Labute approximate surface area is 141 Å². The van der Waals surface area contributed by atoms with Crippen LogP contribution in [0.15, 0.2) is 23.3 Å². The van der Waals surface area contributed by atoms with Crippen LogP contribution < -0.4 is 11.3 Å². The van der Waals surface area contributed by atoms with Crippen LogP contribution in [0.1, 0.15) is 13.2 Å². The summed E-state index contributed by atoms with van der Waals surface area (Å²) in [5, 5.41) is 28.7. The fraction of sp³-hybridized carbons (Fsp3) is 0.429. The molecule has 0 unspecified atom stereocenters. The van der Waals surface area contributed by atoms with E-state index in [1.807, 2.05) is 0 Å². The van der Waals surface area contributed by atoms with Gasteiger partial charge in [0.25, 0.3) is 5.56 Å². The number of nitrogen functional groups attached to an aromatic ring is 1. The molecule has 0 aromatic carbocycles. The number of rotatable bonds is 3. The molecule has 1 saturated heterocycles. The van der Waals surface area contributed by atoms with Gasteiger partial charge in [0.1, 0.15) is 24.6 Å². The number of nitrogens with one attached hydrogen (secondary N) is 1. The maximum atomic E-state index is 11.7. The van der Waals surface area contributed by atoms with Gasteiger partial charge in [-0.15, -0.1) is 0 Å². The number of hydrogen-bond acceptors (Lipinski definition) is 9. The Balaban J connectivity index is 0.000000399. The van der Waals surface area contributed by atoms with Crippen LogP contribution in [0.2, 0.25) is 0 Å². The number of nitrogens with two attached hydrogens (primary N) is 1. The van der Waals surface area contributed by atoms with E-state index in [4.69, 9.17) is 15.6 Å². The lowest BCUT2D eigenvalue weighted by molar-refractivity contribution is -0.104. The van der Waals surface area contributed by atoms with Crippen molar-refractivity contribution in [1.82, 2.24) is 19.5 Å². The minimum atomic E-state index is -1.29. The fourth-order valence-electron chi connectivity index (χ4n) is 2.32. The predicted octanol–water partition coefficient (Wildman–Crippen LogP) is -1.93. The molecular weight excluding hydrogens is 334 g/mol. The second-order valence-electron chi connectivity index (χ2n) is 5.17. The number of fused-ring (bicyclic) bond motifs is 1. The number of hydrogen-bond donors (Lipinski definition) is 5. The van der Waals surface area contributed by atoms with E-state index in [1.165, 1.54) is 17.0 Å². The number of allylic oxidation sites excluding steroid dienone is 2. The minimum Gasteiger partial charge on any atom is -0.394 e.